The Bertz CT molecular complexity index is 983. The van der Waals surface area contributed by atoms with E-state index in [-0.39, 0.29) is 11.9 Å². The third-order valence-electron chi connectivity index (χ3n) is 5.78. The second-order valence-corrected chi connectivity index (χ2v) is 7.23. The number of aromatic nitrogens is 2. The zero-order valence-electron chi connectivity index (χ0n) is 14.6. The molecule has 0 saturated carbocycles. The molecular weight excluding hydrogens is 328 g/mol. The highest BCUT2D eigenvalue weighted by molar-refractivity contribution is 6.03. The van der Waals surface area contributed by atoms with E-state index in [0.717, 1.165) is 19.6 Å². The van der Waals surface area contributed by atoms with Crippen molar-refractivity contribution in [2.24, 2.45) is 11.8 Å². The number of carbonyl (C=O) groups is 1. The summed E-state index contributed by atoms with van der Waals surface area (Å²) in [6, 6.07) is 12.0. The number of amides is 1. The molecule has 5 rings (SSSR count). The first-order valence-corrected chi connectivity index (χ1v) is 9.01. The first kappa shape index (κ1) is 15.5. The smallest absolute Gasteiger partial charge is 0.293 e. The van der Waals surface area contributed by atoms with Crippen molar-refractivity contribution in [3.05, 3.63) is 59.5 Å². The van der Waals surface area contributed by atoms with Gasteiger partial charge in [0.05, 0.1) is 11.4 Å². The van der Waals surface area contributed by atoms with Crippen LogP contribution in [0.4, 0.5) is 0 Å². The Hall–Kier alpha value is -2.73. The van der Waals surface area contributed by atoms with E-state index in [4.69, 9.17) is 4.52 Å². The zero-order chi connectivity index (χ0) is 17.7. The van der Waals surface area contributed by atoms with Crippen LogP contribution in [0.1, 0.15) is 27.7 Å². The highest BCUT2D eigenvalue weighted by atomic mass is 16.5. The van der Waals surface area contributed by atoms with Crippen molar-refractivity contribution >= 4 is 16.9 Å². The molecule has 26 heavy (non-hydrogen) atoms. The molecule has 3 atom stereocenters. The van der Waals surface area contributed by atoms with Crippen LogP contribution in [-0.4, -0.2) is 40.6 Å². The molecule has 2 aromatic heterocycles. The monoisotopic (exact) mass is 348 g/mol. The highest BCUT2D eigenvalue weighted by Gasteiger charge is 2.48. The van der Waals surface area contributed by atoms with Crippen molar-refractivity contribution < 1.29 is 9.32 Å². The topological polar surface area (TPSA) is 71.3 Å². The summed E-state index contributed by atoms with van der Waals surface area (Å²) in [4.78, 5) is 19.5. The fourth-order valence-electron chi connectivity index (χ4n) is 4.52. The molecule has 0 aliphatic carbocycles. The van der Waals surface area contributed by atoms with Crippen molar-refractivity contribution in [3.63, 3.8) is 0 Å². The predicted molar refractivity (Wildman–Crippen MR) is 96.6 cm³/mol. The van der Waals surface area contributed by atoms with Crippen molar-refractivity contribution in [2.75, 3.05) is 19.6 Å². The number of benzene rings is 1. The molecule has 132 valence electrons. The van der Waals surface area contributed by atoms with Gasteiger partial charge < -0.3 is 14.7 Å². The van der Waals surface area contributed by atoms with E-state index in [1.807, 2.05) is 17.0 Å². The predicted octanol–water partition coefficient (Wildman–Crippen LogP) is 2.56. The maximum atomic E-state index is 13.4. The summed E-state index contributed by atoms with van der Waals surface area (Å²) in [5.41, 5.74) is 2.91. The molecule has 2 fully saturated rings. The number of nitrogens with zero attached hydrogens (tertiary/aromatic N) is 3. The summed E-state index contributed by atoms with van der Waals surface area (Å²) in [6.45, 7) is 4.74. The number of pyridine rings is 1. The molecule has 1 N–H and O–H groups in total. The van der Waals surface area contributed by atoms with E-state index in [2.05, 4.69) is 40.6 Å². The Morgan fingerprint density at radius 2 is 2.12 bits per heavy atom. The fourth-order valence-corrected chi connectivity index (χ4v) is 4.52. The standard InChI is InChI=1S/C20H20N4O2/c1-12-5-2-3-6-14(12)17-16-10-21-9-13(16)11-24(17)20(25)18-15-7-4-8-22-19(15)23-26-18/h2-8,13,16-17,21H,9-11H2,1H3/t13-,16-,17+/m0/s1. The van der Waals surface area contributed by atoms with Gasteiger partial charge >= 0.3 is 0 Å². The first-order chi connectivity index (χ1) is 12.7. The highest BCUT2D eigenvalue weighted by Crippen LogP contribution is 2.44. The van der Waals surface area contributed by atoms with Gasteiger partial charge in [-0.25, -0.2) is 4.98 Å². The second kappa shape index (κ2) is 5.92. The number of nitrogens with one attached hydrogen (secondary N) is 1. The van der Waals surface area contributed by atoms with Crippen LogP contribution in [0.3, 0.4) is 0 Å². The minimum absolute atomic E-state index is 0.0560. The third kappa shape index (κ3) is 2.25. The number of aryl methyl sites for hydroxylation is 1. The minimum atomic E-state index is -0.0943. The molecule has 0 spiro atoms. The average Bonchev–Trinajstić information content (AvgIpc) is 3.36. The van der Waals surface area contributed by atoms with Gasteiger partial charge in [0.1, 0.15) is 0 Å². The van der Waals surface area contributed by atoms with Crippen LogP contribution in [0.15, 0.2) is 47.1 Å². The molecule has 1 amide bonds. The quantitative estimate of drug-likeness (QED) is 0.771. The Balaban J connectivity index is 1.58. The van der Waals surface area contributed by atoms with Crippen molar-refractivity contribution in [3.8, 4) is 0 Å². The van der Waals surface area contributed by atoms with Crippen molar-refractivity contribution in [1.29, 1.82) is 0 Å². The van der Waals surface area contributed by atoms with Gasteiger partial charge in [-0.1, -0.05) is 29.4 Å². The number of hydrogen-bond donors (Lipinski definition) is 1. The van der Waals surface area contributed by atoms with Gasteiger partial charge in [-0.3, -0.25) is 4.79 Å². The average molecular weight is 348 g/mol. The van der Waals surface area contributed by atoms with Gasteiger partial charge in [0.25, 0.3) is 5.91 Å². The van der Waals surface area contributed by atoms with Crippen LogP contribution in [0.2, 0.25) is 0 Å². The molecule has 3 aromatic rings. The van der Waals surface area contributed by atoms with Gasteiger partial charge in [0.2, 0.25) is 11.4 Å². The Morgan fingerprint density at radius 3 is 3.00 bits per heavy atom. The number of likely N-dealkylation sites (tertiary alicyclic amines) is 1. The van der Waals surface area contributed by atoms with Crippen LogP contribution in [0.25, 0.3) is 11.0 Å². The number of hydrogen-bond acceptors (Lipinski definition) is 5. The maximum Gasteiger partial charge on any atom is 0.293 e. The second-order valence-electron chi connectivity index (χ2n) is 7.23. The van der Waals surface area contributed by atoms with Gasteiger partial charge in [-0.15, -0.1) is 0 Å². The van der Waals surface area contributed by atoms with Gasteiger partial charge in [0, 0.05) is 31.7 Å². The first-order valence-electron chi connectivity index (χ1n) is 9.01. The van der Waals surface area contributed by atoms with Crippen LogP contribution in [-0.2, 0) is 0 Å². The number of fused-ring (bicyclic) bond motifs is 2. The molecule has 6 nitrogen and oxygen atoms in total. The molecule has 0 bridgehead atoms. The molecule has 4 heterocycles. The fraction of sp³-hybridized carbons (Fsp3) is 0.350. The lowest BCUT2D eigenvalue weighted by molar-refractivity contribution is 0.0674. The molecule has 0 unspecified atom stereocenters. The lowest BCUT2D eigenvalue weighted by Crippen LogP contribution is -2.35. The van der Waals surface area contributed by atoms with Crippen LogP contribution in [0.5, 0.6) is 0 Å². The maximum absolute atomic E-state index is 13.4. The van der Waals surface area contributed by atoms with Crippen molar-refractivity contribution in [1.82, 2.24) is 20.4 Å². The number of carbonyl (C=O) groups excluding carboxylic acids is 1. The number of rotatable bonds is 2. The third-order valence-corrected chi connectivity index (χ3v) is 5.78. The van der Waals surface area contributed by atoms with Gasteiger partial charge in [0.15, 0.2) is 0 Å². The summed E-state index contributed by atoms with van der Waals surface area (Å²) in [5, 5.41) is 8.11. The lowest BCUT2D eigenvalue weighted by atomic mass is 9.87. The molecule has 2 aliphatic rings. The zero-order valence-corrected chi connectivity index (χ0v) is 14.6. The van der Waals surface area contributed by atoms with E-state index in [1.54, 1.807) is 12.3 Å². The minimum Gasteiger partial charge on any atom is -0.348 e. The Morgan fingerprint density at radius 1 is 1.23 bits per heavy atom. The van der Waals surface area contributed by atoms with E-state index >= 15 is 0 Å². The molecule has 0 radical (unpaired) electrons. The van der Waals surface area contributed by atoms with Crippen LogP contribution >= 0.6 is 0 Å². The Labute approximate surface area is 151 Å². The molecule has 2 saturated heterocycles. The summed E-state index contributed by atoms with van der Waals surface area (Å²) in [6.07, 6.45) is 1.65. The van der Waals surface area contributed by atoms with Crippen LogP contribution in [0, 0.1) is 18.8 Å². The summed E-state index contributed by atoms with van der Waals surface area (Å²) in [5.74, 6) is 1.09. The van der Waals surface area contributed by atoms with E-state index < -0.39 is 0 Å². The van der Waals surface area contributed by atoms with E-state index in [0.29, 0.717) is 28.6 Å². The summed E-state index contributed by atoms with van der Waals surface area (Å²) in [7, 11) is 0. The lowest BCUT2D eigenvalue weighted by Gasteiger charge is -2.28. The largest absolute Gasteiger partial charge is 0.348 e. The van der Waals surface area contributed by atoms with E-state index in [9.17, 15) is 4.79 Å². The molecule has 6 heteroatoms. The SMILES string of the molecule is Cc1ccccc1[C@@H]1[C@H]2CNC[C@H]2CN1C(=O)c1onc2ncccc12. The van der Waals surface area contributed by atoms with Gasteiger partial charge in [-0.2, -0.15) is 0 Å². The molecule has 1 aromatic carbocycles. The van der Waals surface area contributed by atoms with Crippen LogP contribution < -0.4 is 5.32 Å². The van der Waals surface area contributed by atoms with E-state index in [1.165, 1.54) is 11.1 Å². The van der Waals surface area contributed by atoms with Gasteiger partial charge in [-0.05, 0) is 36.1 Å². The van der Waals surface area contributed by atoms with Crippen molar-refractivity contribution in [2.45, 2.75) is 13.0 Å². The summed E-state index contributed by atoms with van der Waals surface area (Å²) >= 11 is 0. The molecular formula is C20H20N4O2. The molecule has 2 aliphatic heterocycles. The normalized spacial score (nSPS) is 25.0. The Kier molecular flexibility index (Phi) is 3.53. The summed E-state index contributed by atoms with van der Waals surface area (Å²) < 4.78 is 5.41.